The first-order valence-electron chi connectivity index (χ1n) is 12.5. The molecule has 6 nitrogen and oxygen atoms in total. The summed E-state index contributed by atoms with van der Waals surface area (Å²) in [7, 11) is 2.33. The molecule has 0 N–H and O–H groups in total. The van der Waals surface area contributed by atoms with Crippen LogP contribution >= 0.6 is 7.67 Å². The molecule has 0 amide bonds. The van der Waals surface area contributed by atoms with Gasteiger partial charge in [-0.15, -0.1) is 0 Å². The number of rotatable bonds is 7. The summed E-state index contributed by atoms with van der Waals surface area (Å²) in [5, 5.41) is 0.166. The lowest BCUT2D eigenvalue weighted by atomic mass is 9.58. The Kier molecular flexibility index (Phi) is 7.38. The molecule has 33 heavy (non-hydrogen) atoms. The maximum absolute atomic E-state index is 13.6. The van der Waals surface area contributed by atoms with Gasteiger partial charge in [0, 0.05) is 5.41 Å². The Balaban J connectivity index is 1.99. The van der Waals surface area contributed by atoms with Crippen LogP contribution in [0.5, 0.6) is 0 Å². The molecule has 5 atom stereocenters. The molecule has 1 unspecified atom stereocenters. The Bertz CT molecular complexity index is 819. The van der Waals surface area contributed by atoms with Crippen molar-refractivity contribution in [2.45, 2.75) is 103 Å². The molecule has 0 aromatic carbocycles. The van der Waals surface area contributed by atoms with Gasteiger partial charge in [-0.2, -0.15) is 0 Å². The SMILES string of the molecule is CC1=C2C[C@H](C3(C)CO3)C[C@H](O[Si](C)(C)C(C)(C)C)[C@@]2(C)CC[C@@H]1OP(=O)(N(C)C)N(C)C. The highest BCUT2D eigenvalue weighted by Gasteiger charge is 2.57. The van der Waals surface area contributed by atoms with E-state index in [1.54, 1.807) is 9.34 Å². The van der Waals surface area contributed by atoms with Crippen molar-refractivity contribution >= 4 is 16.0 Å². The van der Waals surface area contributed by atoms with Gasteiger partial charge in [0.2, 0.25) is 0 Å². The molecule has 2 fully saturated rings. The highest BCUT2D eigenvalue weighted by molar-refractivity contribution is 7.53. The van der Waals surface area contributed by atoms with Gasteiger partial charge in [-0.25, -0.2) is 9.34 Å². The minimum absolute atomic E-state index is 0.0125. The molecule has 1 aliphatic heterocycles. The van der Waals surface area contributed by atoms with Crippen LogP contribution in [0.2, 0.25) is 18.1 Å². The van der Waals surface area contributed by atoms with E-state index in [2.05, 4.69) is 54.6 Å². The van der Waals surface area contributed by atoms with Crippen molar-refractivity contribution in [2.75, 3.05) is 34.8 Å². The van der Waals surface area contributed by atoms with Gasteiger partial charge in [0.25, 0.3) is 0 Å². The maximum Gasteiger partial charge on any atom is 0.345 e. The third-order valence-electron chi connectivity index (χ3n) is 9.22. The fourth-order valence-corrected chi connectivity index (χ4v) is 8.52. The summed E-state index contributed by atoms with van der Waals surface area (Å²) in [6.07, 6.45) is 3.98. The predicted octanol–water partition coefficient (Wildman–Crippen LogP) is 6.31. The number of ether oxygens (including phenoxy) is 1. The van der Waals surface area contributed by atoms with Gasteiger partial charge in [-0.05, 0) is 97.3 Å². The van der Waals surface area contributed by atoms with E-state index in [-0.39, 0.29) is 28.3 Å². The molecule has 0 aromatic rings. The fraction of sp³-hybridized carbons (Fsp3) is 0.920. The minimum Gasteiger partial charge on any atom is -0.413 e. The number of hydrogen-bond acceptors (Lipinski definition) is 4. The zero-order valence-corrected chi connectivity index (χ0v) is 25.1. The van der Waals surface area contributed by atoms with E-state index in [1.807, 2.05) is 28.2 Å². The lowest BCUT2D eigenvalue weighted by molar-refractivity contribution is -0.00865. The summed E-state index contributed by atoms with van der Waals surface area (Å²) < 4.78 is 36.6. The first-order valence-corrected chi connectivity index (χ1v) is 17.0. The molecule has 0 bridgehead atoms. The standard InChI is InChI=1S/C25H49N2O4PSi/c1-18-20-15-19(25(6)17-29-25)16-22(31-33(11,12)23(2,3)4)24(20,5)14-13-21(18)30-32(28,26(7)8)27(9)10/h19,21-22H,13-17H2,1-12H3/t19-,21-,22-,24-,25?/m0/s1. The minimum atomic E-state index is -3.06. The summed E-state index contributed by atoms with van der Waals surface area (Å²) in [5.41, 5.74) is 2.66. The molecule has 1 heterocycles. The van der Waals surface area contributed by atoms with Crippen molar-refractivity contribution in [2.24, 2.45) is 11.3 Å². The fourth-order valence-electron chi connectivity index (χ4n) is 5.41. The van der Waals surface area contributed by atoms with Crippen LogP contribution in [-0.4, -0.2) is 70.3 Å². The molecule has 0 radical (unpaired) electrons. The lowest BCUT2D eigenvalue weighted by Crippen LogP contribution is -2.54. The monoisotopic (exact) mass is 500 g/mol. The van der Waals surface area contributed by atoms with Gasteiger partial charge in [0.15, 0.2) is 8.32 Å². The Morgan fingerprint density at radius 1 is 1.12 bits per heavy atom. The molecule has 1 saturated carbocycles. The van der Waals surface area contributed by atoms with Crippen LogP contribution in [-0.2, 0) is 18.3 Å². The lowest BCUT2D eigenvalue weighted by Gasteiger charge is -2.54. The summed E-state index contributed by atoms with van der Waals surface area (Å²) in [4.78, 5) is 0. The average Bonchev–Trinajstić information content (AvgIpc) is 3.42. The van der Waals surface area contributed by atoms with Crippen LogP contribution in [0.4, 0.5) is 0 Å². The molecule has 0 spiro atoms. The summed E-state index contributed by atoms with van der Waals surface area (Å²) in [5.74, 6) is 0.443. The number of hydrogen-bond donors (Lipinski definition) is 0. The Labute approximate surface area is 204 Å². The van der Waals surface area contributed by atoms with Crippen LogP contribution in [0.1, 0.15) is 67.2 Å². The summed E-state index contributed by atoms with van der Waals surface area (Å²) in [6, 6.07) is 0. The first-order chi connectivity index (χ1) is 14.9. The summed E-state index contributed by atoms with van der Waals surface area (Å²) in [6.45, 7) is 19.4. The molecule has 1 saturated heterocycles. The van der Waals surface area contributed by atoms with Crippen LogP contribution in [0.25, 0.3) is 0 Å². The Morgan fingerprint density at radius 2 is 1.67 bits per heavy atom. The summed E-state index contributed by atoms with van der Waals surface area (Å²) >= 11 is 0. The van der Waals surface area contributed by atoms with Crippen molar-refractivity contribution < 1.29 is 18.3 Å². The van der Waals surface area contributed by atoms with Gasteiger partial charge in [0.05, 0.1) is 24.4 Å². The predicted molar refractivity (Wildman–Crippen MR) is 139 cm³/mol. The number of nitrogens with zero attached hydrogens (tertiary/aromatic N) is 2. The van der Waals surface area contributed by atoms with Crippen LogP contribution < -0.4 is 0 Å². The topological polar surface area (TPSA) is 54.5 Å². The van der Waals surface area contributed by atoms with Gasteiger partial charge in [-0.3, -0.25) is 9.09 Å². The molecule has 192 valence electrons. The molecule has 3 rings (SSSR count). The van der Waals surface area contributed by atoms with E-state index in [0.29, 0.717) is 5.92 Å². The van der Waals surface area contributed by atoms with Gasteiger partial charge < -0.3 is 9.16 Å². The zero-order valence-electron chi connectivity index (χ0n) is 23.2. The van der Waals surface area contributed by atoms with Crippen molar-refractivity contribution in [1.29, 1.82) is 0 Å². The Hall–Kier alpha value is -0.0131. The molecule has 0 aromatic heterocycles. The van der Waals surface area contributed by atoms with E-state index >= 15 is 0 Å². The quantitative estimate of drug-likeness (QED) is 0.177. The van der Waals surface area contributed by atoms with E-state index < -0.39 is 16.0 Å². The Morgan fingerprint density at radius 3 is 2.12 bits per heavy atom. The third-order valence-corrected chi connectivity index (χ3v) is 16.3. The van der Waals surface area contributed by atoms with E-state index in [4.69, 9.17) is 13.7 Å². The second kappa shape index (κ2) is 8.83. The van der Waals surface area contributed by atoms with Crippen LogP contribution in [0.3, 0.4) is 0 Å². The van der Waals surface area contributed by atoms with Crippen molar-refractivity contribution in [3.05, 3.63) is 11.1 Å². The smallest absolute Gasteiger partial charge is 0.345 e. The largest absolute Gasteiger partial charge is 0.413 e. The van der Waals surface area contributed by atoms with Crippen LogP contribution in [0.15, 0.2) is 11.1 Å². The average molecular weight is 501 g/mol. The molecular weight excluding hydrogens is 451 g/mol. The highest BCUT2D eigenvalue weighted by atomic mass is 31.2. The van der Waals surface area contributed by atoms with E-state index in [0.717, 1.165) is 32.3 Å². The molecule has 8 heteroatoms. The normalized spacial score (nSPS) is 35.9. The molecule has 2 aliphatic carbocycles. The van der Waals surface area contributed by atoms with Gasteiger partial charge >= 0.3 is 7.67 Å². The van der Waals surface area contributed by atoms with E-state index in [1.165, 1.54) is 11.1 Å². The third kappa shape index (κ3) is 4.98. The van der Waals surface area contributed by atoms with Crippen LogP contribution in [0, 0.1) is 11.3 Å². The second-order valence-electron chi connectivity index (χ2n) is 13.0. The van der Waals surface area contributed by atoms with Gasteiger partial charge in [0.1, 0.15) is 0 Å². The zero-order chi connectivity index (χ0) is 25.2. The molecule has 3 aliphatic rings. The van der Waals surface area contributed by atoms with Gasteiger partial charge in [-0.1, -0.05) is 33.3 Å². The first kappa shape index (κ1) is 27.6. The van der Waals surface area contributed by atoms with E-state index in [9.17, 15) is 4.57 Å². The van der Waals surface area contributed by atoms with Crippen molar-refractivity contribution in [3.63, 3.8) is 0 Å². The highest BCUT2D eigenvalue weighted by Crippen LogP contribution is 2.60. The molecular formula is C25H49N2O4PSi. The second-order valence-corrected chi connectivity index (χ2v) is 20.5. The van der Waals surface area contributed by atoms with Crippen molar-refractivity contribution in [1.82, 2.24) is 9.34 Å². The number of fused-ring (bicyclic) bond motifs is 1. The number of epoxide rings is 1. The van der Waals surface area contributed by atoms with Crippen molar-refractivity contribution in [3.8, 4) is 0 Å². The maximum atomic E-state index is 13.6.